The number of nitrogens with zero attached hydrogens (tertiary/aromatic N) is 1. The van der Waals surface area contributed by atoms with Crippen LogP contribution < -0.4 is 5.73 Å². The molecule has 0 amide bonds. The highest BCUT2D eigenvalue weighted by molar-refractivity contribution is 6.30. The van der Waals surface area contributed by atoms with Crippen molar-refractivity contribution in [3.63, 3.8) is 0 Å². The van der Waals surface area contributed by atoms with E-state index in [4.69, 9.17) is 17.3 Å². The summed E-state index contributed by atoms with van der Waals surface area (Å²) in [4.78, 5) is 2.30. The maximum atomic E-state index is 9.31. The van der Waals surface area contributed by atoms with Gasteiger partial charge in [-0.05, 0) is 30.5 Å². The molecule has 0 heterocycles. The SMILES string of the molecule is CCC(CC)N(CCO)C(CN)c1cccc(Cl)c1. The van der Waals surface area contributed by atoms with Gasteiger partial charge >= 0.3 is 0 Å². The second-order valence-electron chi connectivity index (χ2n) is 4.74. The van der Waals surface area contributed by atoms with Crippen molar-refractivity contribution in [2.45, 2.75) is 38.8 Å². The van der Waals surface area contributed by atoms with Crippen LogP contribution in [0.1, 0.15) is 38.3 Å². The molecule has 0 fully saturated rings. The van der Waals surface area contributed by atoms with Crippen molar-refractivity contribution in [1.29, 1.82) is 0 Å². The van der Waals surface area contributed by atoms with Gasteiger partial charge in [0.25, 0.3) is 0 Å². The summed E-state index contributed by atoms with van der Waals surface area (Å²) >= 11 is 6.07. The van der Waals surface area contributed by atoms with Crippen LogP contribution in [0.3, 0.4) is 0 Å². The minimum atomic E-state index is 0.107. The summed E-state index contributed by atoms with van der Waals surface area (Å²) in [5.74, 6) is 0. The number of benzene rings is 1. The first-order valence-electron chi connectivity index (χ1n) is 7.00. The molecule has 108 valence electrons. The fraction of sp³-hybridized carbons (Fsp3) is 0.600. The van der Waals surface area contributed by atoms with Crippen LogP contribution in [0.15, 0.2) is 24.3 Å². The van der Waals surface area contributed by atoms with Gasteiger partial charge in [0.05, 0.1) is 6.61 Å². The highest BCUT2D eigenvalue weighted by atomic mass is 35.5. The van der Waals surface area contributed by atoms with Crippen LogP contribution in [0.4, 0.5) is 0 Å². The molecule has 1 atom stereocenters. The Morgan fingerprint density at radius 1 is 1.32 bits per heavy atom. The van der Waals surface area contributed by atoms with Gasteiger partial charge in [0, 0.05) is 30.2 Å². The fourth-order valence-electron chi connectivity index (χ4n) is 2.64. The highest BCUT2D eigenvalue weighted by Crippen LogP contribution is 2.26. The number of rotatable bonds is 8. The lowest BCUT2D eigenvalue weighted by molar-refractivity contribution is 0.0995. The standard InChI is InChI=1S/C15H25ClN2O/c1-3-14(4-2)18(8-9-19)15(11-17)12-6-5-7-13(16)10-12/h5-7,10,14-15,19H,3-4,8-9,11,17H2,1-2H3. The van der Waals surface area contributed by atoms with Crippen LogP contribution >= 0.6 is 11.6 Å². The van der Waals surface area contributed by atoms with Crippen LogP contribution in [-0.4, -0.2) is 35.7 Å². The summed E-state index contributed by atoms with van der Waals surface area (Å²) in [5.41, 5.74) is 7.09. The molecule has 0 saturated heterocycles. The molecule has 0 saturated carbocycles. The lowest BCUT2D eigenvalue weighted by atomic mass is 10.0. The first-order chi connectivity index (χ1) is 9.17. The summed E-state index contributed by atoms with van der Waals surface area (Å²) in [6.07, 6.45) is 2.10. The van der Waals surface area contributed by atoms with Gasteiger partial charge in [-0.1, -0.05) is 37.6 Å². The van der Waals surface area contributed by atoms with Crippen molar-refractivity contribution in [1.82, 2.24) is 4.90 Å². The molecule has 1 aromatic carbocycles. The molecule has 0 aromatic heterocycles. The molecule has 0 bridgehead atoms. The van der Waals surface area contributed by atoms with Gasteiger partial charge in [-0.2, -0.15) is 0 Å². The lowest BCUT2D eigenvalue weighted by Gasteiger charge is -2.37. The second-order valence-corrected chi connectivity index (χ2v) is 5.17. The average Bonchev–Trinajstić information content (AvgIpc) is 2.41. The third kappa shape index (κ3) is 4.46. The quantitative estimate of drug-likeness (QED) is 0.772. The maximum Gasteiger partial charge on any atom is 0.0558 e. The first-order valence-corrected chi connectivity index (χ1v) is 7.37. The van der Waals surface area contributed by atoms with Crippen molar-refractivity contribution in [2.75, 3.05) is 19.7 Å². The maximum absolute atomic E-state index is 9.31. The van der Waals surface area contributed by atoms with Crippen LogP contribution in [0, 0.1) is 0 Å². The largest absolute Gasteiger partial charge is 0.395 e. The van der Waals surface area contributed by atoms with Crippen LogP contribution in [-0.2, 0) is 0 Å². The Bertz CT molecular complexity index is 369. The second kappa shape index (κ2) is 8.54. The minimum absolute atomic E-state index is 0.107. The van der Waals surface area contributed by atoms with E-state index in [0.717, 1.165) is 23.4 Å². The van der Waals surface area contributed by atoms with E-state index >= 15 is 0 Å². The van der Waals surface area contributed by atoms with Gasteiger partial charge in [-0.3, -0.25) is 4.90 Å². The molecule has 0 radical (unpaired) electrons. The number of hydrogen-bond donors (Lipinski definition) is 2. The number of nitrogens with two attached hydrogens (primary N) is 1. The minimum Gasteiger partial charge on any atom is -0.395 e. The zero-order valence-corrected chi connectivity index (χ0v) is 12.6. The predicted molar refractivity (Wildman–Crippen MR) is 81.4 cm³/mol. The molecule has 1 aromatic rings. The molecule has 3 nitrogen and oxygen atoms in total. The third-order valence-electron chi connectivity index (χ3n) is 3.63. The Morgan fingerprint density at radius 2 is 2.00 bits per heavy atom. The molecular formula is C15H25ClN2O. The predicted octanol–water partition coefficient (Wildman–Crippen LogP) is 2.82. The number of hydrogen-bond acceptors (Lipinski definition) is 3. The van der Waals surface area contributed by atoms with Crippen molar-refractivity contribution in [3.05, 3.63) is 34.9 Å². The number of aliphatic hydroxyl groups is 1. The zero-order valence-electron chi connectivity index (χ0n) is 11.8. The Kier molecular flexibility index (Phi) is 7.39. The number of aliphatic hydroxyl groups excluding tert-OH is 1. The fourth-order valence-corrected chi connectivity index (χ4v) is 2.84. The van der Waals surface area contributed by atoms with E-state index in [0.29, 0.717) is 19.1 Å². The van der Waals surface area contributed by atoms with Gasteiger partial charge in [-0.15, -0.1) is 0 Å². The topological polar surface area (TPSA) is 49.5 Å². The van der Waals surface area contributed by atoms with Crippen LogP contribution in [0.25, 0.3) is 0 Å². The van der Waals surface area contributed by atoms with E-state index in [1.807, 2.05) is 18.2 Å². The van der Waals surface area contributed by atoms with E-state index in [9.17, 15) is 5.11 Å². The molecule has 19 heavy (non-hydrogen) atoms. The van der Waals surface area contributed by atoms with Gasteiger partial charge < -0.3 is 10.8 Å². The molecule has 0 aliphatic heterocycles. The molecular weight excluding hydrogens is 260 g/mol. The van der Waals surface area contributed by atoms with Crippen LogP contribution in [0.5, 0.6) is 0 Å². The van der Waals surface area contributed by atoms with E-state index in [1.165, 1.54) is 0 Å². The lowest BCUT2D eigenvalue weighted by Crippen LogP contribution is -2.42. The molecule has 0 aliphatic carbocycles. The Morgan fingerprint density at radius 3 is 2.47 bits per heavy atom. The summed E-state index contributed by atoms with van der Waals surface area (Å²) in [5, 5.41) is 10.0. The zero-order chi connectivity index (χ0) is 14.3. The summed E-state index contributed by atoms with van der Waals surface area (Å²) in [6, 6.07) is 8.37. The van der Waals surface area contributed by atoms with Gasteiger partial charge in [0.2, 0.25) is 0 Å². The smallest absolute Gasteiger partial charge is 0.0558 e. The molecule has 1 unspecified atom stereocenters. The average molecular weight is 285 g/mol. The normalized spacial score (nSPS) is 13.2. The van der Waals surface area contributed by atoms with Gasteiger partial charge in [0.15, 0.2) is 0 Å². The summed E-state index contributed by atoms with van der Waals surface area (Å²) in [6.45, 7) is 5.65. The molecule has 0 aliphatic rings. The van der Waals surface area contributed by atoms with Crippen molar-refractivity contribution < 1.29 is 5.11 Å². The Balaban J connectivity index is 3.01. The Hall–Kier alpha value is -0.610. The van der Waals surface area contributed by atoms with E-state index in [2.05, 4.69) is 24.8 Å². The highest BCUT2D eigenvalue weighted by Gasteiger charge is 2.24. The van der Waals surface area contributed by atoms with Gasteiger partial charge in [-0.25, -0.2) is 0 Å². The molecule has 4 heteroatoms. The monoisotopic (exact) mass is 284 g/mol. The van der Waals surface area contributed by atoms with E-state index in [1.54, 1.807) is 0 Å². The summed E-state index contributed by atoms with van der Waals surface area (Å²) < 4.78 is 0. The molecule has 1 rings (SSSR count). The molecule has 3 N–H and O–H groups in total. The number of halogens is 1. The van der Waals surface area contributed by atoms with E-state index < -0.39 is 0 Å². The van der Waals surface area contributed by atoms with Gasteiger partial charge in [0.1, 0.15) is 0 Å². The first kappa shape index (κ1) is 16.4. The Labute approximate surface area is 121 Å². The third-order valence-corrected chi connectivity index (χ3v) is 3.86. The molecule has 0 spiro atoms. The van der Waals surface area contributed by atoms with E-state index in [-0.39, 0.29) is 12.6 Å². The van der Waals surface area contributed by atoms with Crippen LogP contribution in [0.2, 0.25) is 5.02 Å². The van der Waals surface area contributed by atoms with Crippen molar-refractivity contribution in [3.8, 4) is 0 Å². The van der Waals surface area contributed by atoms with Crippen molar-refractivity contribution >= 4 is 11.6 Å². The summed E-state index contributed by atoms with van der Waals surface area (Å²) in [7, 11) is 0. The van der Waals surface area contributed by atoms with Crippen molar-refractivity contribution in [2.24, 2.45) is 5.73 Å².